The Morgan fingerprint density at radius 2 is 2.00 bits per heavy atom. The average molecular weight is 274 g/mol. The van der Waals surface area contributed by atoms with Crippen molar-refractivity contribution in [3.63, 3.8) is 0 Å². The van der Waals surface area contributed by atoms with E-state index in [0.717, 1.165) is 0 Å². The van der Waals surface area contributed by atoms with E-state index in [0.29, 0.717) is 18.1 Å². The fraction of sp³-hybridized carbons (Fsp3) is 0.417. The number of carbonyl (C=O) groups excluding carboxylic acids is 1. The maximum atomic E-state index is 13.3. The molecule has 6 heteroatoms. The number of ether oxygens (including phenoxy) is 3. The molecule has 1 rings (SSSR count). The van der Waals surface area contributed by atoms with Crippen LogP contribution in [0.15, 0.2) is 23.1 Å². The second kappa shape index (κ2) is 8.07. The van der Waals surface area contributed by atoms with Crippen molar-refractivity contribution in [2.45, 2.75) is 4.90 Å². The smallest absolute Gasteiger partial charge is 0.341 e. The molecule has 0 aromatic heterocycles. The van der Waals surface area contributed by atoms with Gasteiger partial charge >= 0.3 is 5.97 Å². The first kappa shape index (κ1) is 14.9. The fourth-order valence-electron chi connectivity index (χ4n) is 1.19. The van der Waals surface area contributed by atoms with Gasteiger partial charge in [0.05, 0.1) is 25.4 Å². The van der Waals surface area contributed by atoms with Crippen molar-refractivity contribution in [2.24, 2.45) is 0 Å². The molecule has 0 heterocycles. The van der Waals surface area contributed by atoms with Crippen LogP contribution in [0, 0.1) is 5.82 Å². The van der Waals surface area contributed by atoms with Crippen LogP contribution in [0.25, 0.3) is 0 Å². The fourth-order valence-corrected chi connectivity index (χ4v) is 1.39. The zero-order chi connectivity index (χ0) is 13.4. The third-order valence-electron chi connectivity index (χ3n) is 2.06. The molecule has 0 saturated heterocycles. The van der Waals surface area contributed by atoms with Gasteiger partial charge in [-0.1, -0.05) is 0 Å². The quantitative estimate of drug-likeness (QED) is 0.469. The molecular formula is C12H15FO4S. The Bertz CT molecular complexity index is 398. The van der Waals surface area contributed by atoms with E-state index in [-0.39, 0.29) is 18.8 Å². The molecule has 0 bridgehead atoms. The summed E-state index contributed by atoms with van der Waals surface area (Å²) in [6, 6.07) is 3.96. The molecule has 0 aliphatic heterocycles. The lowest BCUT2D eigenvalue weighted by molar-refractivity contribution is 0.0210. The third kappa shape index (κ3) is 5.03. The Hall–Kier alpha value is -1.11. The average Bonchev–Trinajstić information content (AvgIpc) is 2.36. The lowest BCUT2D eigenvalue weighted by Crippen LogP contribution is -2.13. The predicted octanol–water partition coefficient (Wildman–Crippen LogP) is 1.93. The molecule has 0 spiro atoms. The van der Waals surface area contributed by atoms with Gasteiger partial charge in [0.1, 0.15) is 12.4 Å². The van der Waals surface area contributed by atoms with Crippen LogP contribution in [0.4, 0.5) is 4.39 Å². The summed E-state index contributed by atoms with van der Waals surface area (Å²) in [5.41, 5.74) is -0.126. The Morgan fingerprint density at radius 3 is 2.72 bits per heavy atom. The summed E-state index contributed by atoms with van der Waals surface area (Å²) >= 11 is 4.03. The van der Waals surface area contributed by atoms with Gasteiger partial charge in [0.2, 0.25) is 0 Å². The normalized spacial score (nSPS) is 10.4. The molecule has 0 amide bonds. The highest BCUT2D eigenvalue weighted by Crippen LogP contribution is 2.14. The van der Waals surface area contributed by atoms with Crippen LogP contribution in [0.2, 0.25) is 0 Å². The van der Waals surface area contributed by atoms with E-state index in [1.54, 1.807) is 7.11 Å². The van der Waals surface area contributed by atoms with E-state index in [1.165, 1.54) is 18.2 Å². The van der Waals surface area contributed by atoms with Gasteiger partial charge in [0.15, 0.2) is 0 Å². The minimum Gasteiger partial charge on any atom is -0.460 e. The predicted molar refractivity (Wildman–Crippen MR) is 66.6 cm³/mol. The van der Waals surface area contributed by atoms with E-state index >= 15 is 0 Å². The van der Waals surface area contributed by atoms with Gasteiger partial charge in [0, 0.05) is 12.0 Å². The minimum atomic E-state index is -0.723. The Labute approximate surface area is 110 Å². The molecule has 0 saturated carbocycles. The van der Waals surface area contributed by atoms with Gasteiger partial charge in [-0.05, 0) is 18.2 Å². The number of hydrogen-bond acceptors (Lipinski definition) is 5. The maximum Gasteiger partial charge on any atom is 0.341 e. The summed E-state index contributed by atoms with van der Waals surface area (Å²) in [5.74, 6) is -1.35. The highest BCUT2D eigenvalue weighted by molar-refractivity contribution is 7.80. The Morgan fingerprint density at radius 1 is 1.28 bits per heavy atom. The molecule has 4 nitrogen and oxygen atoms in total. The Kier molecular flexibility index (Phi) is 6.70. The summed E-state index contributed by atoms with van der Waals surface area (Å²) < 4.78 is 28.1. The summed E-state index contributed by atoms with van der Waals surface area (Å²) in [6.45, 7) is 1.22. The molecule has 1 aromatic carbocycles. The first-order valence-electron chi connectivity index (χ1n) is 5.37. The molecule has 0 aliphatic rings. The molecule has 1 aromatic rings. The van der Waals surface area contributed by atoms with Crippen molar-refractivity contribution in [3.8, 4) is 0 Å². The summed E-state index contributed by atoms with van der Waals surface area (Å²) in [6.07, 6.45) is 0. The second-order valence-corrected chi connectivity index (χ2v) is 3.92. The molecular weight excluding hydrogens is 259 g/mol. The van der Waals surface area contributed by atoms with Crippen LogP contribution in [0.5, 0.6) is 0 Å². The summed E-state index contributed by atoms with van der Waals surface area (Å²) in [5, 5.41) is 0. The van der Waals surface area contributed by atoms with Gasteiger partial charge in [0.25, 0.3) is 0 Å². The molecule has 18 heavy (non-hydrogen) atoms. The molecule has 100 valence electrons. The maximum absolute atomic E-state index is 13.3. The number of methoxy groups -OCH3 is 1. The zero-order valence-corrected chi connectivity index (χ0v) is 10.9. The van der Waals surface area contributed by atoms with Crippen molar-refractivity contribution in [2.75, 3.05) is 33.5 Å². The number of benzene rings is 1. The van der Waals surface area contributed by atoms with E-state index in [9.17, 15) is 9.18 Å². The largest absolute Gasteiger partial charge is 0.460 e. The zero-order valence-electron chi connectivity index (χ0n) is 10.0. The Balaban J connectivity index is 2.34. The molecule has 0 unspecified atom stereocenters. The molecule has 0 fully saturated rings. The van der Waals surface area contributed by atoms with Crippen molar-refractivity contribution < 1.29 is 23.4 Å². The van der Waals surface area contributed by atoms with Crippen LogP contribution in [-0.2, 0) is 14.2 Å². The summed E-state index contributed by atoms with van der Waals surface area (Å²) in [7, 11) is 1.57. The number of carbonyl (C=O) groups is 1. The molecule has 0 atom stereocenters. The third-order valence-corrected chi connectivity index (χ3v) is 2.34. The van der Waals surface area contributed by atoms with Crippen LogP contribution < -0.4 is 0 Å². The lowest BCUT2D eigenvalue weighted by Gasteiger charge is -2.07. The number of rotatable bonds is 7. The van der Waals surface area contributed by atoms with Crippen LogP contribution in [0.3, 0.4) is 0 Å². The monoisotopic (exact) mass is 274 g/mol. The van der Waals surface area contributed by atoms with E-state index in [1.807, 2.05) is 0 Å². The number of halogens is 1. The summed E-state index contributed by atoms with van der Waals surface area (Å²) in [4.78, 5) is 12.0. The number of esters is 1. The minimum absolute atomic E-state index is 0.0682. The van der Waals surface area contributed by atoms with Crippen LogP contribution in [0.1, 0.15) is 10.4 Å². The molecule has 0 aliphatic carbocycles. The van der Waals surface area contributed by atoms with Crippen molar-refractivity contribution in [3.05, 3.63) is 29.6 Å². The van der Waals surface area contributed by atoms with Crippen LogP contribution in [-0.4, -0.2) is 39.5 Å². The highest BCUT2D eigenvalue weighted by atomic mass is 32.1. The van der Waals surface area contributed by atoms with Crippen LogP contribution >= 0.6 is 12.6 Å². The van der Waals surface area contributed by atoms with Gasteiger partial charge in [-0.15, -0.1) is 12.6 Å². The number of thiol groups is 1. The molecule has 0 N–H and O–H groups in total. The lowest BCUT2D eigenvalue weighted by atomic mass is 10.2. The molecule has 0 radical (unpaired) electrons. The van der Waals surface area contributed by atoms with Crippen molar-refractivity contribution in [1.82, 2.24) is 0 Å². The topological polar surface area (TPSA) is 44.8 Å². The first-order valence-corrected chi connectivity index (χ1v) is 5.82. The number of hydrogen-bond donors (Lipinski definition) is 1. The van der Waals surface area contributed by atoms with Gasteiger partial charge < -0.3 is 14.2 Å². The van der Waals surface area contributed by atoms with E-state index in [4.69, 9.17) is 14.2 Å². The van der Waals surface area contributed by atoms with Crippen molar-refractivity contribution in [1.29, 1.82) is 0 Å². The van der Waals surface area contributed by atoms with E-state index in [2.05, 4.69) is 12.6 Å². The highest BCUT2D eigenvalue weighted by Gasteiger charge is 2.13. The van der Waals surface area contributed by atoms with Gasteiger partial charge in [-0.25, -0.2) is 9.18 Å². The van der Waals surface area contributed by atoms with Crippen molar-refractivity contribution >= 4 is 18.6 Å². The second-order valence-electron chi connectivity index (χ2n) is 3.41. The first-order chi connectivity index (χ1) is 8.65. The van der Waals surface area contributed by atoms with Gasteiger partial charge in [-0.2, -0.15) is 0 Å². The van der Waals surface area contributed by atoms with E-state index < -0.39 is 11.8 Å². The SMILES string of the molecule is COCCOCCOC(=O)c1cc(S)ccc1F. The van der Waals surface area contributed by atoms with Gasteiger partial charge in [-0.3, -0.25) is 0 Å². The standard InChI is InChI=1S/C12H15FO4S/c1-15-4-5-16-6-7-17-12(14)10-8-9(18)2-3-11(10)13/h2-3,8,18H,4-7H2,1H3.